The number of nitrogen functional groups attached to an aromatic ring is 1. The molecule has 1 aromatic rings. The Kier molecular flexibility index (Phi) is 1.30. The van der Waals surface area contributed by atoms with Gasteiger partial charge in [0, 0.05) is 6.42 Å². The third-order valence-corrected chi connectivity index (χ3v) is 0.996. The highest BCUT2D eigenvalue weighted by atomic mass is 16.6. The first-order valence-electron chi connectivity index (χ1n) is 2.62. The summed E-state index contributed by atoms with van der Waals surface area (Å²) in [4.78, 5) is 10.3. The minimum Gasteiger partial charge on any atom is -0.394 e. The molecule has 0 aliphatic heterocycles. The van der Waals surface area contributed by atoms with Crippen LogP contribution in [0.2, 0.25) is 0 Å². The SMILES string of the molecule is CCc1oc(=O)oc1N. The van der Waals surface area contributed by atoms with E-state index >= 15 is 0 Å². The molecular weight excluding hydrogens is 122 g/mol. The average Bonchev–Trinajstić information content (AvgIpc) is 2.10. The Bertz CT molecular complexity index is 247. The van der Waals surface area contributed by atoms with Gasteiger partial charge in [-0.25, -0.2) is 4.79 Å². The van der Waals surface area contributed by atoms with Crippen LogP contribution in [0.25, 0.3) is 0 Å². The van der Waals surface area contributed by atoms with E-state index in [0.29, 0.717) is 12.2 Å². The van der Waals surface area contributed by atoms with Crippen molar-refractivity contribution in [3.63, 3.8) is 0 Å². The maximum atomic E-state index is 10.3. The summed E-state index contributed by atoms with van der Waals surface area (Å²) in [5, 5.41) is 0. The van der Waals surface area contributed by atoms with E-state index < -0.39 is 5.82 Å². The van der Waals surface area contributed by atoms with E-state index in [1.54, 1.807) is 0 Å². The Morgan fingerprint density at radius 1 is 1.56 bits per heavy atom. The first kappa shape index (κ1) is 5.94. The van der Waals surface area contributed by atoms with Gasteiger partial charge in [-0.15, -0.1) is 0 Å². The van der Waals surface area contributed by atoms with Crippen molar-refractivity contribution in [2.75, 3.05) is 5.73 Å². The summed E-state index contributed by atoms with van der Waals surface area (Å²) in [5.74, 6) is -0.230. The molecule has 9 heavy (non-hydrogen) atoms. The Hall–Kier alpha value is -1.19. The van der Waals surface area contributed by atoms with Crippen LogP contribution in [0, 0.1) is 0 Å². The zero-order chi connectivity index (χ0) is 6.85. The average molecular weight is 129 g/mol. The van der Waals surface area contributed by atoms with E-state index in [1.165, 1.54) is 0 Å². The van der Waals surface area contributed by atoms with Crippen LogP contribution in [0.4, 0.5) is 5.88 Å². The van der Waals surface area contributed by atoms with Crippen molar-refractivity contribution in [3.05, 3.63) is 16.4 Å². The van der Waals surface area contributed by atoms with Gasteiger partial charge in [0.2, 0.25) is 5.88 Å². The summed E-state index contributed by atoms with van der Waals surface area (Å²) in [6.07, 6.45) is 0.581. The molecule has 4 heteroatoms. The summed E-state index contributed by atoms with van der Waals surface area (Å²) in [7, 11) is 0. The quantitative estimate of drug-likeness (QED) is 0.595. The van der Waals surface area contributed by atoms with Crippen LogP contribution < -0.4 is 11.6 Å². The number of rotatable bonds is 1. The van der Waals surface area contributed by atoms with Gasteiger partial charge in [-0.2, -0.15) is 0 Å². The van der Waals surface area contributed by atoms with Crippen LogP contribution >= 0.6 is 0 Å². The number of anilines is 1. The van der Waals surface area contributed by atoms with Gasteiger partial charge in [0.1, 0.15) is 0 Å². The fraction of sp³-hybridized carbons (Fsp3) is 0.400. The largest absolute Gasteiger partial charge is 0.520 e. The van der Waals surface area contributed by atoms with Crippen molar-refractivity contribution >= 4 is 5.88 Å². The third kappa shape index (κ3) is 0.960. The van der Waals surface area contributed by atoms with Crippen LogP contribution in [-0.2, 0) is 6.42 Å². The molecule has 1 aromatic heterocycles. The molecule has 0 aromatic carbocycles. The zero-order valence-corrected chi connectivity index (χ0v) is 5.01. The van der Waals surface area contributed by atoms with Gasteiger partial charge in [0.25, 0.3) is 0 Å². The van der Waals surface area contributed by atoms with E-state index in [1.807, 2.05) is 6.92 Å². The van der Waals surface area contributed by atoms with Crippen molar-refractivity contribution < 1.29 is 8.83 Å². The molecular formula is C5H7NO3. The summed E-state index contributed by atoms with van der Waals surface area (Å²) in [6, 6.07) is 0. The predicted octanol–water partition coefficient (Wildman–Crippen LogP) is 0.377. The van der Waals surface area contributed by atoms with Gasteiger partial charge in [-0.3, -0.25) is 0 Å². The van der Waals surface area contributed by atoms with Gasteiger partial charge >= 0.3 is 5.82 Å². The first-order chi connectivity index (χ1) is 4.24. The highest BCUT2D eigenvalue weighted by Crippen LogP contribution is 2.07. The summed E-state index contributed by atoms with van der Waals surface area (Å²) in [6.45, 7) is 1.82. The van der Waals surface area contributed by atoms with E-state index in [0.717, 1.165) is 0 Å². The van der Waals surface area contributed by atoms with Crippen LogP contribution in [0.3, 0.4) is 0 Å². The van der Waals surface area contributed by atoms with Crippen molar-refractivity contribution in [2.24, 2.45) is 0 Å². The van der Waals surface area contributed by atoms with Gasteiger partial charge in [0.05, 0.1) is 0 Å². The third-order valence-electron chi connectivity index (χ3n) is 0.996. The Balaban J connectivity index is 3.16. The van der Waals surface area contributed by atoms with Crippen molar-refractivity contribution in [2.45, 2.75) is 13.3 Å². The molecule has 0 saturated heterocycles. The van der Waals surface area contributed by atoms with Crippen LogP contribution in [0.1, 0.15) is 12.7 Å². The first-order valence-corrected chi connectivity index (χ1v) is 2.62. The lowest BCUT2D eigenvalue weighted by Crippen LogP contribution is -1.86. The van der Waals surface area contributed by atoms with Crippen molar-refractivity contribution in [1.82, 2.24) is 0 Å². The molecule has 50 valence electrons. The zero-order valence-electron chi connectivity index (χ0n) is 5.01. The predicted molar refractivity (Wildman–Crippen MR) is 31.0 cm³/mol. The van der Waals surface area contributed by atoms with E-state index in [2.05, 4.69) is 8.83 Å². The number of aryl methyl sites for hydroxylation is 1. The van der Waals surface area contributed by atoms with Crippen molar-refractivity contribution in [3.8, 4) is 0 Å². The smallest absolute Gasteiger partial charge is 0.394 e. The monoisotopic (exact) mass is 129 g/mol. The van der Waals surface area contributed by atoms with Crippen LogP contribution in [0.5, 0.6) is 0 Å². The molecule has 0 amide bonds. The summed E-state index contributed by atoms with van der Waals surface area (Å²) < 4.78 is 8.88. The molecule has 0 fully saturated rings. The lowest BCUT2D eigenvalue weighted by molar-refractivity contribution is 0.378. The molecule has 0 unspecified atom stereocenters. The van der Waals surface area contributed by atoms with Gasteiger partial charge in [-0.1, -0.05) is 6.92 Å². The Morgan fingerprint density at radius 3 is 2.44 bits per heavy atom. The van der Waals surface area contributed by atoms with Crippen LogP contribution in [-0.4, -0.2) is 0 Å². The second kappa shape index (κ2) is 1.97. The van der Waals surface area contributed by atoms with Gasteiger partial charge < -0.3 is 14.6 Å². The lowest BCUT2D eigenvalue weighted by Gasteiger charge is -1.82. The number of hydrogen-bond donors (Lipinski definition) is 1. The normalized spacial score (nSPS) is 9.89. The fourth-order valence-corrected chi connectivity index (χ4v) is 0.565. The van der Waals surface area contributed by atoms with Gasteiger partial charge in [-0.05, 0) is 0 Å². The molecule has 0 saturated carbocycles. The number of nitrogens with two attached hydrogens (primary N) is 1. The minimum atomic E-state index is -0.732. The van der Waals surface area contributed by atoms with E-state index in [4.69, 9.17) is 5.73 Å². The van der Waals surface area contributed by atoms with E-state index in [-0.39, 0.29) is 5.88 Å². The van der Waals surface area contributed by atoms with Gasteiger partial charge in [0.15, 0.2) is 5.76 Å². The molecule has 2 N–H and O–H groups in total. The highest BCUT2D eigenvalue weighted by Gasteiger charge is 2.04. The summed E-state index contributed by atoms with van der Waals surface area (Å²) >= 11 is 0. The topological polar surface area (TPSA) is 69.4 Å². The molecule has 0 radical (unpaired) electrons. The molecule has 0 aliphatic carbocycles. The standard InChI is InChI=1S/C5H7NO3/c1-2-3-4(6)9-5(7)8-3/h2,6H2,1H3. The van der Waals surface area contributed by atoms with Crippen molar-refractivity contribution in [1.29, 1.82) is 0 Å². The maximum absolute atomic E-state index is 10.3. The molecule has 1 heterocycles. The second-order valence-corrected chi connectivity index (χ2v) is 1.60. The Labute approximate surface area is 51.3 Å². The second-order valence-electron chi connectivity index (χ2n) is 1.60. The van der Waals surface area contributed by atoms with E-state index in [9.17, 15) is 4.79 Å². The molecule has 0 bridgehead atoms. The Morgan fingerprint density at radius 2 is 2.22 bits per heavy atom. The summed E-state index contributed by atoms with van der Waals surface area (Å²) in [5.41, 5.74) is 5.19. The molecule has 0 atom stereocenters. The number of hydrogen-bond acceptors (Lipinski definition) is 4. The fourth-order valence-electron chi connectivity index (χ4n) is 0.565. The molecule has 1 rings (SSSR count). The lowest BCUT2D eigenvalue weighted by atomic mass is 10.4. The minimum absolute atomic E-state index is 0.0856. The maximum Gasteiger partial charge on any atom is 0.520 e. The molecule has 0 spiro atoms. The molecule has 0 aliphatic rings. The highest BCUT2D eigenvalue weighted by molar-refractivity contribution is 5.26. The molecule has 4 nitrogen and oxygen atoms in total. The van der Waals surface area contributed by atoms with Crippen LogP contribution in [0.15, 0.2) is 13.6 Å².